The molecule has 2 unspecified atom stereocenters. The first-order chi connectivity index (χ1) is 8.52. The van der Waals surface area contributed by atoms with Gasteiger partial charge in [-0.05, 0) is 18.6 Å². The Labute approximate surface area is 110 Å². The summed E-state index contributed by atoms with van der Waals surface area (Å²) in [5, 5.41) is 9.51. The van der Waals surface area contributed by atoms with Crippen LogP contribution in [0.2, 0.25) is 0 Å². The van der Waals surface area contributed by atoms with Gasteiger partial charge in [0.1, 0.15) is 0 Å². The van der Waals surface area contributed by atoms with Crippen LogP contribution in [0.4, 0.5) is 0 Å². The predicted molar refractivity (Wildman–Crippen MR) is 66.1 cm³/mol. The first-order valence-corrected chi connectivity index (χ1v) is 6.28. The van der Waals surface area contributed by atoms with Crippen LogP contribution in [0, 0.1) is 5.92 Å². The summed E-state index contributed by atoms with van der Waals surface area (Å²) < 4.78 is 0. The predicted octanol–water partition coefficient (Wildman–Crippen LogP) is -1.97. The smallest absolute Gasteiger partial charge is 0.308 e. The quantitative estimate of drug-likeness (QED) is 0.398. The van der Waals surface area contributed by atoms with E-state index < -0.39 is 11.9 Å². The number of likely N-dealkylation sites (tertiary alicyclic amines) is 2. The number of aliphatic carboxylic acids is 1. The average Bonchev–Trinajstić information content (AvgIpc) is 2.94. The zero-order valence-electron chi connectivity index (χ0n) is 9.96. The van der Waals surface area contributed by atoms with Crippen LogP contribution < -0.4 is 11.3 Å². The third-order valence-electron chi connectivity index (χ3n) is 3.55. The minimum Gasteiger partial charge on any atom is -0.481 e. The van der Waals surface area contributed by atoms with Crippen molar-refractivity contribution in [3.8, 4) is 0 Å². The van der Waals surface area contributed by atoms with E-state index in [1.165, 1.54) is 0 Å². The van der Waals surface area contributed by atoms with Crippen LogP contribution in [0.3, 0.4) is 0 Å². The summed E-state index contributed by atoms with van der Waals surface area (Å²) >= 11 is 5.09. The molecule has 8 heteroatoms. The highest BCUT2D eigenvalue weighted by Crippen LogP contribution is 2.25. The number of hydrogen-bond donors (Lipinski definition) is 3. The molecule has 0 aliphatic carbocycles. The molecule has 7 nitrogen and oxygen atoms in total. The van der Waals surface area contributed by atoms with Gasteiger partial charge in [-0.3, -0.25) is 15.4 Å². The first kappa shape index (κ1) is 13.0. The van der Waals surface area contributed by atoms with Crippen molar-refractivity contribution in [2.24, 2.45) is 5.92 Å². The molecule has 2 heterocycles. The summed E-state index contributed by atoms with van der Waals surface area (Å²) in [6, 6.07) is 0.0631. The number of nitrogens with zero attached hydrogens (tertiary/aromatic N) is 2. The van der Waals surface area contributed by atoms with Gasteiger partial charge in [-0.25, -0.2) is 5.43 Å². The van der Waals surface area contributed by atoms with Crippen LogP contribution in [0.5, 0.6) is 0 Å². The van der Waals surface area contributed by atoms with E-state index in [0.29, 0.717) is 18.2 Å². The van der Waals surface area contributed by atoms with Gasteiger partial charge in [0.15, 0.2) is 0 Å². The van der Waals surface area contributed by atoms with Gasteiger partial charge < -0.3 is 14.9 Å². The molecule has 0 aromatic rings. The Morgan fingerprint density at radius 1 is 1.50 bits per heavy atom. The summed E-state index contributed by atoms with van der Waals surface area (Å²) in [5.41, 5.74) is 2.67. The van der Waals surface area contributed by atoms with E-state index in [2.05, 4.69) is 11.3 Å². The molecule has 2 fully saturated rings. The standard InChI is InChI=1S/C10H16N4O3S/c11-12-10(18)13-2-1-7(5-13)14-4-6(9(16)17)3-8(14)15/h6-7H,1-5,11H2,(H,12,18)(H,16,17)/p+1. The minimum absolute atomic E-state index is 0.0631. The number of carbonyl (C=O) groups is 2. The molecule has 5 N–H and O–H groups in total. The van der Waals surface area contributed by atoms with Gasteiger partial charge in [-0.1, -0.05) is 0 Å². The monoisotopic (exact) mass is 273 g/mol. The van der Waals surface area contributed by atoms with Crippen LogP contribution in [0.1, 0.15) is 12.8 Å². The highest BCUT2D eigenvalue weighted by Gasteiger charge is 2.40. The Kier molecular flexibility index (Phi) is 3.67. The molecular weight excluding hydrogens is 256 g/mol. The summed E-state index contributed by atoms with van der Waals surface area (Å²) in [5.74, 6) is 1.99. The molecule has 18 heavy (non-hydrogen) atoms. The van der Waals surface area contributed by atoms with Crippen molar-refractivity contribution in [1.82, 2.24) is 15.2 Å². The van der Waals surface area contributed by atoms with E-state index in [-0.39, 0.29) is 18.4 Å². The van der Waals surface area contributed by atoms with Crippen molar-refractivity contribution < 1.29 is 20.5 Å². The summed E-state index contributed by atoms with van der Waals surface area (Å²) in [6.45, 7) is 1.74. The Bertz CT molecular complexity index is 389. The molecule has 1 amide bonds. The van der Waals surface area contributed by atoms with Crippen molar-refractivity contribution in [3.05, 3.63) is 0 Å². The van der Waals surface area contributed by atoms with Gasteiger partial charge in [-0.15, -0.1) is 0 Å². The third kappa shape index (κ3) is 2.39. The fraction of sp³-hybridized carbons (Fsp3) is 0.700. The largest absolute Gasteiger partial charge is 0.481 e. The van der Waals surface area contributed by atoms with Crippen molar-refractivity contribution >= 4 is 29.2 Å². The Hall–Kier alpha value is -1.41. The number of quaternary nitrogens is 1. The lowest BCUT2D eigenvalue weighted by atomic mass is 10.1. The maximum atomic E-state index is 11.8. The Balaban J connectivity index is 1.96. The molecular formula is C10H17N4O3S+. The number of nitrogens with one attached hydrogen (secondary N) is 1. The zero-order valence-corrected chi connectivity index (χ0v) is 10.8. The van der Waals surface area contributed by atoms with Gasteiger partial charge in [0.25, 0.3) is 0 Å². The van der Waals surface area contributed by atoms with E-state index in [1.807, 2.05) is 4.90 Å². The van der Waals surface area contributed by atoms with Crippen LogP contribution >= 0.6 is 12.2 Å². The number of carbonyl (C=O) groups excluding carboxylic acids is 1. The molecule has 0 bridgehead atoms. The molecule has 0 spiro atoms. The van der Waals surface area contributed by atoms with Crippen LogP contribution in [-0.2, 0) is 9.59 Å². The van der Waals surface area contributed by atoms with E-state index in [1.54, 1.807) is 4.90 Å². The normalized spacial score (nSPS) is 27.7. The number of carboxylic acids is 1. The Morgan fingerprint density at radius 3 is 2.78 bits per heavy atom. The molecule has 0 radical (unpaired) electrons. The summed E-state index contributed by atoms with van der Waals surface area (Å²) in [6.07, 6.45) is 0.934. The number of hydrogen-bond acceptors (Lipinski definition) is 3. The zero-order chi connectivity index (χ0) is 13.3. The van der Waals surface area contributed by atoms with Crippen molar-refractivity contribution in [3.63, 3.8) is 0 Å². The number of thiocarbonyl (C=S) groups is 1. The second kappa shape index (κ2) is 5.07. The minimum atomic E-state index is -0.893. The highest BCUT2D eigenvalue weighted by atomic mass is 32.1. The number of rotatable bonds is 2. The van der Waals surface area contributed by atoms with Crippen molar-refractivity contribution in [2.75, 3.05) is 19.6 Å². The lowest BCUT2D eigenvalue weighted by molar-refractivity contribution is -0.420. The second-order valence-corrected chi connectivity index (χ2v) is 5.04. The highest BCUT2D eigenvalue weighted by molar-refractivity contribution is 7.80. The van der Waals surface area contributed by atoms with Gasteiger partial charge in [0.2, 0.25) is 11.0 Å². The van der Waals surface area contributed by atoms with Crippen molar-refractivity contribution in [1.29, 1.82) is 0 Å². The summed E-state index contributed by atoms with van der Waals surface area (Å²) in [7, 11) is 0. The fourth-order valence-electron chi connectivity index (χ4n) is 2.54. The molecule has 2 rings (SSSR count). The second-order valence-electron chi connectivity index (χ2n) is 4.66. The van der Waals surface area contributed by atoms with E-state index in [0.717, 1.165) is 13.0 Å². The lowest BCUT2D eigenvalue weighted by Crippen LogP contribution is -2.69. The van der Waals surface area contributed by atoms with Gasteiger partial charge in [0.05, 0.1) is 12.0 Å². The SMILES string of the molecule is [NH3+]NC(=S)N1CCC(N2CC(C(=O)O)CC2=O)C1. The van der Waals surface area contributed by atoms with Crippen LogP contribution in [0.15, 0.2) is 0 Å². The molecule has 0 aromatic carbocycles. The van der Waals surface area contributed by atoms with Gasteiger partial charge in [-0.2, -0.15) is 0 Å². The van der Waals surface area contributed by atoms with Gasteiger partial charge in [0, 0.05) is 26.1 Å². The van der Waals surface area contributed by atoms with Crippen LogP contribution in [0.25, 0.3) is 0 Å². The Morgan fingerprint density at radius 2 is 2.22 bits per heavy atom. The molecule has 2 aliphatic rings. The topological polar surface area (TPSA) is 101 Å². The number of carboxylic acid groups (broad SMARTS) is 1. The average molecular weight is 273 g/mol. The molecule has 0 saturated carbocycles. The maximum absolute atomic E-state index is 11.8. The maximum Gasteiger partial charge on any atom is 0.308 e. The molecule has 2 saturated heterocycles. The third-order valence-corrected chi connectivity index (χ3v) is 3.95. The van der Waals surface area contributed by atoms with E-state index in [4.69, 9.17) is 17.3 Å². The lowest BCUT2D eigenvalue weighted by Gasteiger charge is -2.24. The van der Waals surface area contributed by atoms with Crippen molar-refractivity contribution in [2.45, 2.75) is 18.9 Å². The molecule has 100 valence electrons. The fourth-order valence-corrected chi connectivity index (χ4v) is 2.71. The molecule has 0 aromatic heterocycles. The van der Waals surface area contributed by atoms with Gasteiger partial charge >= 0.3 is 5.97 Å². The van der Waals surface area contributed by atoms with E-state index in [9.17, 15) is 9.59 Å². The first-order valence-electron chi connectivity index (χ1n) is 5.87. The van der Waals surface area contributed by atoms with Crippen LogP contribution in [-0.4, -0.2) is 57.6 Å². The molecule has 2 aliphatic heterocycles. The van der Waals surface area contributed by atoms with E-state index >= 15 is 0 Å². The summed E-state index contributed by atoms with van der Waals surface area (Å²) in [4.78, 5) is 26.3. The molecule has 2 atom stereocenters. The number of amides is 1.